The van der Waals surface area contributed by atoms with Crippen LogP contribution in [0.5, 0.6) is 0 Å². The zero-order chi connectivity index (χ0) is 14.7. The molecule has 0 bridgehead atoms. The Balaban J connectivity index is 1.67. The van der Waals surface area contributed by atoms with Gasteiger partial charge in [0.15, 0.2) is 0 Å². The summed E-state index contributed by atoms with van der Waals surface area (Å²) < 4.78 is 5.13. The first-order valence-electron chi connectivity index (χ1n) is 7.03. The molecule has 0 aliphatic heterocycles. The summed E-state index contributed by atoms with van der Waals surface area (Å²) in [6.45, 7) is 0. The van der Waals surface area contributed by atoms with Gasteiger partial charge < -0.3 is 14.8 Å². The van der Waals surface area contributed by atoms with Crippen LogP contribution in [0, 0.1) is 0 Å². The van der Waals surface area contributed by atoms with Crippen molar-refractivity contribution in [1.82, 2.24) is 10.2 Å². The van der Waals surface area contributed by atoms with Gasteiger partial charge in [-0.25, -0.2) is 0 Å². The van der Waals surface area contributed by atoms with Gasteiger partial charge in [0.25, 0.3) is 0 Å². The van der Waals surface area contributed by atoms with Gasteiger partial charge in [-0.1, -0.05) is 18.9 Å². The zero-order valence-electron chi connectivity index (χ0n) is 11.6. The topological polar surface area (TPSA) is 88.2 Å². The number of hydrogen-bond donors (Lipinski definition) is 2. The number of aliphatic hydroxyl groups is 1. The lowest BCUT2D eigenvalue weighted by Crippen LogP contribution is -2.30. The van der Waals surface area contributed by atoms with Crippen LogP contribution in [0.25, 0.3) is 11.5 Å². The lowest BCUT2D eigenvalue weighted by molar-refractivity contribution is -0.120. The fourth-order valence-electron chi connectivity index (χ4n) is 2.74. The molecular weight excluding hydrogens is 270 g/mol. The monoisotopic (exact) mass is 287 g/mol. The summed E-state index contributed by atoms with van der Waals surface area (Å²) in [7, 11) is 0. The molecule has 110 valence electrons. The van der Waals surface area contributed by atoms with Gasteiger partial charge in [-0.2, -0.15) is 0 Å². The Morgan fingerprint density at radius 3 is 2.90 bits per heavy atom. The molecule has 1 amide bonds. The van der Waals surface area contributed by atoms with Crippen molar-refractivity contribution in [3.05, 3.63) is 30.7 Å². The molecule has 0 radical (unpaired) electrons. The summed E-state index contributed by atoms with van der Waals surface area (Å²) in [5.41, 5.74) is 0.552. The van der Waals surface area contributed by atoms with Crippen LogP contribution in [-0.2, 0) is 4.79 Å². The number of nitrogens with one attached hydrogen (secondary N) is 1. The smallest absolute Gasteiger partial charge is 0.247 e. The molecule has 2 aromatic rings. The van der Waals surface area contributed by atoms with Crippen LogP contribution >= 0.6 is 0 Å². The average Bonchev–Trinajstić information content (AvgIpc) is 3.10. The Labute approximate surface area is 122 Å². The van der Waals surface area contributed by atoms with Crippen molar-refractivity contribution >= 4 is 11.6 Å². The second-order valence-electron chi connectivity index (χ2n) is 5.48. The summed E-state index contributed by atoms with van der Waals surface area (Å²) in [5, 5.41) is 20.5. The normalized spacial score (nSPS) is 16.8. The third-order valence-electron chi connectivity index (χ3n) is 3.78. The third kappa shape index (κ3) is 3.28. The van der Waals surface area contributed by atoms with Crippen LogP contribution in [-0.4, -0.2) is 26.8 Å². The quantitative estimate of drug-likeness (QED) is 0.901. The summed E-state index contributed by atoms with van der Waals surface area (Å²) >= 11 is 0. The Morgan fingerprint density at radius 1 is 1.38 bits per heavy atom. The van der Waals surface area contributed by atoms with Crippen molar-refractivity contribution in [3.63, 3.8) is 0 Å². The molecule has 1 aromatic carbocycles. The third-order valence-corrected chi connectivity index (χ3v) is 3.78. The largest absolute Gasteiger partial charge is 0.423 e. The highest BCUT2D eigenvalue weighted by Gasteiger charge is 2.33. The number of aromatic nitrogens is 2. The van der Waals surface area contributed by atoms with Crippen molar-refractivity contribution < 1.29 is 14.3 Å². The summed E-state index contributed by atoms with van der Waals surface area (Å²) in [6.07, 6.45) is 4.76. The Morgan fingerprint density at radius 2 is 2.19 bits per heavy atom. The molecular formula is C15H17N3O3. The van der Waals surface area contributed by atoms with Crippen LogP contribution in [0.2, 0.25) is 0 Å². The number of anilines is 1. The van der Waals surface area contributed by atoms with Gasteiger partial charge in [0.2, 0.25) is 18.2 Å². The lowest BCUT2D eigenvalue weighted by atomic mass is 9.97. The maximum Gasteiger partial charge on any atom is 0.247 e. The van der Waals surface area contributed by atoms with Gasteiger partial charge in [-0.05, 0) is 31.0 Å². The van der Waals surface area contributed by atoms with Crippen molar-refractivity contribution in [1.29, 1.82) is 0 Å². The molecule has 1 fully saturated rings. The van der Waals surface area contributed by atoms with E-state index in [4.69, 9.17) is 4.42 Å². The van der Waals surface area contributed by atoms with E-state index in [1.165, 1.54) is 6.39 Å². The molecule has 1 aliphatic carbocycles. The molecule has 2 N–H and O–H groups in total. The molecule has 21 heavy (non-hydrogen) atoms. The molecule has 0 spiro atoms. The minimum atomic E-state index is -0.839. The minimum Gasteiger partial charge on any atom is -0.423 e. The highest BCUT2D eigenvalue weighted by Crippen LogP contribution is 2.32. The molecule has 1 aliphatic rings. The first-order chi connectivity index (χ1) is 10.1. The molecule has 6 heteroatoms. The number of carbonyl (C=O) groups excluding carboxylic acids is 1. The predicted molar refractivity (Wildman–Crippen MR) is 76.4 cm³/mol. The van der Waals surface area contributed by atoms with Crippen molar-refractivity contribution in [2.24, 2.45) is 0 Å². The Bertz CT molecular complexity index is 619. The van der Waals surface area contributed by atoms with E-state index >= 15 is 0 Å². The van der Waals surface area contributed by atoms with E-state index < -0.39 is 5.60 Å². The first kappa shape index (κ1) is 13.8. The molecule has 1 saturated carbocycles. The maximum absolute atomic E-state index is 12.0. The number of amides is 1. The number of hydrogen-bond acceptors (Lipinski definition) is 5. The summed E-state index contributed by atoms with van der Waals surface area (Å²) in [4.78, 5) is 12.0. The zero-order valence-corrected chi connectivity index (χ0v) is 11.6. The Kier molecular flexibility index (Phi) is 3.70. The van der Waals surface area contributed by atoms with Crippen LogP contribution in [0.4, 0.5) is 5.69 Å². The molecule has 0 atom stereocenters. The van der Waals surface area contributed by atoms with Gasteiger partial charge in [0.1, 0.15) is 0 Å². The molecule has 0 unspecified atom stereocenters. The highest BCUT2D eigenvalue weighted by molar-refractivity contribution is 5.92. The average molecular weight is 287 g/mol. The van der Waals surface area contributed by atoms with E-state index in [0.29, 0.717) is 24.4 Å². The van der Waals surface area contributed by atoms with Crippen LogP contribution < -0.4 is 5.32 Å². The lowest BCUT2D eigenvalue weighted by Gasteiger charge is -2.21. The van der Waals surface area contributed by atoms with E-state index in [1.807, 2.05) is 6.07 Å². The van der Waals surface area contributed by atoms with Gasteiger partial charge in [-0.15, -0.1) is 10.2 Å². The highest BCUT2D eigenvalue weighted by atomic mass is 16.4. The van der Waals surface area contributed by atoms with E-state index in [0.717, 1.165) is 18.4 Å². The fourth-order valence-corrected chi connectivity index (χ4v) is 2.74. The molecule has 1 aromatic heterocycles. The Hall–Kier alpha value is -2.21. The van der Waals surface area contributed by atoms with Crippen molar-refractivity contribution in [2.75, 3.05) is 5.32 Å². The summed E-state index contributed by atoms with van der Waals surface area (Å²) in [5.74, 6) is 0.225. The molecule has 3 rings (SSSR count). The van der Waals surface area contributed by atoms with Crippen molar-refractivity contribution in [2.45, 2.75) is 37.7 Å². The van der Waals surface area contributed by atoms with Gasteiger partial charge >= 0.3 is 0 Å². The molecule has 1 heterocycles. The second kappa shape index (κ2) is 5.65. The summed E-state index contributed by atoms with van der Waals surface area (Å²) in [6, 6.07) is 7.19. The van der Waals surface area contributed by atoms with E-state index in [9.17, 15) is 9.90 Å². The fraction of sp³-hybridized carbons (Fsp3) is 0.400. The van der Waals surface area contributed by atoms with Crippen LogP contribution in [0.1, 0.15) is 32.1 Å². The molecule has 6 nitrogen and oxygen atoms in total. The maximum atomic E-state index is 12.0. The predicted octanol–water partition coefficient (Wildman–Crippen LogP) is 2.37. The van der Waals surface area contributed by atoms with Crippen LogP contribution in [0.15, 0.2) is 35.1 Å². The standard InChI is InChI=1S/C15H17N3O3/c19-13(9-15(20)6-1-2-7-15)17-12-5-3-4-11(8-12)14-18-16-10-21-14/h3-5,8,10,20H,1-2,6-7,9H2,(H,17,19). The number of nitrogens with zero attached hydrogens (tertiary/aromatic N) is 2. The number of rotatable bonds is 4. The first-order valence-corrected chi connectivity index (χ1v) is 7.03. The van der Waals surface area contributed by atoms with Gasteiger partial charge in [0, 0.05) is 11.3 Å². The van der Waals surface area contributed by atoms with E-state index in [-0.39, 0.29) is 12.3 Å². The van der Waals surface area contributed by atoms with Gasteiger partial charge in [-0.3, -0.25) is 4.79 Å². The SMILES string of the molecule is O=C(CC1(O)CCCC1)Nc1cccc(-c2nnco2)c1. The molecule has 0 saturated heterocycles. The minimum absolute atomic E-state index is 0.137. The number of carbonyl (C=O) groups is 1. The van der Waals surface area contributed by atoms with Crippen molar-refractivity contribution in [3.8, 4) is 11.5 Å². The van der Waals surface area contributed by atoms with Gasteiger partial charge in [0.05, 0.1) is 12.0 Å². The van der Waals surface area contributed by atoms with E-state index in [1.54, 1.807) is 18.2 Å². The second-order valence-corrected chi connectivity index (χ2v) is 5.48. The van der Waals surface area contributed by atoms with E-state index in [2.05, 4.69) is 15.5 Å². The van der Waals surface area contributed by atoms with Crippen LogP contribution in [0.3, 0.4) is 0 Å². The number of benzene rings is 1.